The van der Waals surface area contributed by atoms with E-state index in [1.165, 1.54) is 41.2 Å². The van der Waals surface area contributed by atoms with Crippen molar-refractivity contribution >= 4 is 10.8 Å². The Hall–Kier alpha value is -3.17. The van der Waals surface area contributed by atoms with Gasteiger partial charge < -0.3 is 10.1 Å². The summed E-state index contributed by atoms with van der Waals surface area (Å²) in [6, 6.07) is 28.8. The highest BCUT2D eigenvalue weighted by Crippen LogP contribution is 2.36. The van der Waals surface area contributed by atoms with Crippen molar-refractivity contribution in [2.75, 3.05) is 0 Å². The fraction of sp³-hybridized carbons (Fsp3) is 0.276. The summed E-state index contributed by atoms with van der Waals surface area (Å²) in [7, 11) is 0. The Balaban J connectivity index is 1.18. The molecule has 3 nitrogen and oxygen atoms in total. The van der Waals surface area contributed by atoms with Crippen molar-refractivity contribution in [3.63, 3.8) is 0 Å². The highest BCUT2D eigenvalue weighted by molar-refractivity contribution is 5.86. The van der Waals surface area contributed by atoms with Crippen LogP contribution in [-0.4, -0.2) is 11.0 Å². The Bertz CT molecular complexity index is 1150. The minimum atomic E-state index is 0.341. The highest BCUT2D eigenvalue weighted by Gasteiger charge is 2.27. The molecule has 4 aromatic rings. The molecule has 0 bridgehead atoms. The Morgan fingerprint density at radius 3 is 2.62 bits per heavy atom. The quantitative estimate of drug-likeness (QED) is 0.356. The molecule has 3 heteroatoms. The third-order valence-corrected chi connectivity index (χ3v) is 6.69. The number of benzene rings is 3. The average molecular weight is 423 g/mol. The lowest BCUT2D eigenvalue weighted by atomic mass is 9.96. The van der Waals surface area contributed by atoms with Gasteiger partial charge in [-0.3, -0.25) is 4.98 Å². The van der Waals surface area contributed by atoms with Crippen molar-refractivity contribution in [1.82, 2.24) is 10.3 Å². The number of pyridine rings is 1. The van der Waals surface area contributed by atoms with Gasteiger partial charge in [0.2, 0.25) is 0 Å². The lowest BCUT2D eigenvalue weighted by molar-refractivity contribution is 0.305. The standard InChI is InChI=1S/C29H30N2O/c1-21(28-10-4-8-24-7-2-3-9-29(24)28)31-26-14-11-25(18-26)23-12-15-27(16-13-23)32-20-22-6-5-17-30-19-22/h2-10,12-13,15-17,19,21,25-26,31H,11,14,18,20H2,1H3/t21?,25-,26+/m1/s1. The molecule has 32 heavy (non-hydrogen) atoms. The SMILES string of the molecule is CC(N[C@H]1CC[C@@H](c2ccc(OCc3cccnc3)cc2)C1)c1cccc2ccccc12. The zero-order valence-corrected chi connectivity index (χ0v) is 18.6. The first-order valence-corrected chi connectivity index (χ1v) is 11.6. The molecule has 3 aromatic carbocycles. The van der Waals surface area contributed by atoms with Gasteiger partial charge in [-0.05, 0) is 72.2 Å². The van der Waals surface area contributed by atoms with E-state index < -0.39 is 0 Å². The zero-order chi connectivity index (χ0) is 21.8. The van der Waals surface area contributed by atoms with Crippen LogP contribution >= 0.6 is 0 Å². The molecule has 1 aromatic heterocycles. The van der Waals surface area contributed by atoms with Crippen LogP contribution in [0.1, 0.15) is 54.8 Å². The van der Waals surface area contributed by atoms with Crippen molar-refractivity contribution < 1.29 is 4.74 Å². The van der Waals surface area contributed by atoms with E-state index in [2.05, 4.69) is 84.0 Å². The minimum absolute atomic E-state index is 0.341. The molecule has 1 saturated carbocycles. The van der Waals surface area contributed by atoms with Crippen LogP contribution in [0.3, 0.4) is 0 Å². The number of ether oxygens (including phenoxy) is 1. The molecule has 0 saturated heterocycles. The molecule has 1 N–H and O–H groups in total. The zero-order valence-electron chi connectivity index (χ0n) is 18.6. The maximum Gasteiger partial charge on any atom is 0.119 e. The van der Waals surface area contributed by atoms with Crippen LogP contribution in [-0.2, 0) is 6.61 Å². The summed E-state index contributed by atoms with van der Waals surface area (Å²) in [5.41, 5.74) is 3.89. The lowest BCUT2D eigenvalue weighted by Crippen LogP contribution is -2.29. The summed E-state index contributed by atoms with van der Waals surface area (Å²) in [6.07, 6.45) is 7.27. The predicted octanol–water partition coefficient (Wildman–Crippen LogP) is 6.80. The Morgan fingerprint density at radius 1 is 0.938 bits per heavy atom. The van der Waals surface area contributed by atoms with E-state index in [9.17, 15) is 0 Å². The van der Waals surface area contributed by atoms with Gasteiger partial charge in [0.05, 0.1) is 0 Å². The third kappa shape index (κ3) is 4.68. The highest BCUT2D eigenvalue weighted by atomic mass is 16.5. The molecule has 3 atom stereocenters. The summed E-state index contributed by atoms with van der Waals surface area (Å²) >= 11 is 0. The van der Waals surface area contributed by atoms with E-state index in [1.54, 1.807) is 6.20 Å². The first-order chi connectivity index (χ1) is 15.8. The van der Waals surface area contributed by atoms with E-state index in [-0.39, 0.29) is 0 Å². The van der Waals surface area contributed by atoms with Gasteiger partial charge in [-0.2, -0.15) is 0 Å². The van der Waals surface area contributed by atoms with Crippen molar-refractivity contribution in [3.8, 4) is 5.75 Å². The van der Waals surface area contributed by atoms with Crippen LogP contribution in [0.2, 0.25) is 0 Å². The molecule has 0 amide bonds. The van der Waals surface area contributed by atoms with Gasteiger partial charge in [0, 0.05) is 30.0 Å². The van der Waals surface area contributed by atoms with Crippen molar-refractivity contribution in [2.24, 2.45) is 0 Å². The normalized spacial score (nSPS) is 19.2. The molecular weight excluding hydrogens is 392 g/mol. The van der Waals surface area contributed by atoms with E-state index in [0.29, 0.717) is 24.6 Å². The van der Waals surface area contributed by atoms with Crippen LogP contribution in [0.5, 0.6) is 5.75 Å². The first kappa shape index (κ1) is 20.7. The molecule has 162 valence electrons. The van der Waals surface area contributed by atoms with E-state index >= 15 is 0 Å². The number of rotatable bonds is 7. The number of hydrogen-bond acceptors (Lipinski definition) is 3. The number of aromatic nitrogens is 1. The van der Waals surface area contributed by atoms with Crippen molar-refractivity contribution in [1.29, 1.82) is 0 Å². The molecule has 5 rings (SSSR count). The molecule has 1 aliphatic carbocycles. The number of nitrogens with one attached hydrogen (secondary N) is 1. The Kier molecular flexibility index (Phi) is 6.17. The molecule has 1 heterocycles. The summed E-state index contributed by atoms with van der Waals surface area (Å²) < 4.78 is 5.92. The first-order valence-electron chi connectivity index (χ1n) is 11.6. The van der Waals surface area contributed by atoms with Gasteiger partial charge in [0.15, 0.2) is 0 Å². The number of nitrogens with zero attached hydrogens (tertiary/aromatic N) is 1. The monoisotopic (exact) mass is 422 g/mol. The van der Waals surface area contributed by atoms with Gasteiger partial charge in [-0.1, -0.05) is 60.7 Å². The van der Waals surface area contributed by atoms with Crippen LogP contribution in [0.15, 0.2) is 91.3 Å². The van der Waals surface area contributed by atoms with Crippen LogP contribution in [0, 0.1) is 0 Å². The maximum absolute atomic E-state index is 5.92. The van der Waals surface area contributed by atoms with Crippen LogP contribution in [0.4, 0.5) is 0 Å². The van der Waals surface area contributed by atoms with E-state index in [1.807, 2.05) is 18.3 Å². The number of fused-ring (bicyclic) bond motifs is 1. The molecule has 1 unspecified atom stereocenters. The smallest absolute Gasteiger partial charge is 0.119 e. The van der Waals surface area contributed by atoms with Gasteiger partial charge >= 0.3 is 0 Å². The number of hydrogen-bond donors (Lipinski definition) is 1. The van der Waals surface area contributed by atoms with E-state index in [4.69, 9.17) is 4.74 Å². The average Bonchev–Trinajstić information content (AvgIpc) is 3.31. The molecule has 0 aliphatic heterocycles. The van der Waals surface area contributed by atoms with Crippen molar-refractivity contribution in [2.45, 2.75) is 50.8 Å². The largest absolute Gasteiger partial charge is 0.489 e. The van der Waals surface area contributed by atoms with Gasteiger partial charge in [-0.15, -0.1) is 0 Å². The van der Waals surface area contributed by atoms with Crippen LogP contribution < -0.4 is 10.1 Å². The molecular formula is C29H30N2O. The summed E-state index contributed by atoms with van der Waals surface area (Å²) in [5.74, 6) is 1.52. The second kappa shape index (κ2) is 9.54. The fourth-order valence-corrected chi connectivity index (χ4v) is 4.99. The Labute approximate surface area is 190 Å². The van der Waals surface area contributed by atoms with Gasteiger partial charge in [-0.25, -0.2) is 0 Å². The van der Waals surface area contributed by atoms with Crippen LogP contribution in [0.25, 0.3) is 10.8 Å². The second-order valence-electron chi connectivity index (χ2n) is 8.88. The Morgan fingerprint density at radius 2 is 1.78 bits per heavy atom. The lowest BCUT2D eigenvalue weighted by Gasteiger charge is -2.21. The predicted molar refractivity (Wildman–Crippen MR) is 131 cm³/mol. The van der Waals surface area contributed by atoms with Gasteiger partial charge in [0.25, 0.3) is 0 Å². The fourth-order valence-electron chi connectivity index (χ4n) is 4.99. The summed E-state index contributed by atoms with van der Waals surface area (Å²) in [6.45, 7) is 2.85. The molecule has 0 spiro atoms. The minimum Gasteiger partial charge on any atom is -0.489 e. The molecule has 1 fully saturated rings. The molecule has 0 radical (unpaired) electrons. The maximum atomic E-state index is 5.92. The summed E-state index contributed by atoms with van der Waals surface area (Å²) in [5, 5.41) is 6.57. The topological polar surface area (TPSA) is 34.1 Å². The van der Waals surface area contributed by atoms with Gasteiger partial charge in [0.1, 0.15) is 12.4 Å². The summed E-state index contributed by atoms with van der Waals surface area (Å²) in [4.78, 5) is 4.14. The van der Waals surface area contributed by atoms with Crippen molar-refractivity contribution in [3.05, 3.63) is 108 Å². The second-order valence-corrected chi connectivity index (χ2v) is 8.88. The van der Waals surface area contributed by atoms with E-state index in [0.717, 1.165) is 11.3 Å². The molecule has 1 aliphatic rings. The third-order valence-electron chi connectivity index (χ3n) is 6.69.